The van der Waals surface area contributed by atoms with E-state index >= 15 is 0 Å². The predicted molar refractivity (Wildman–Crippen MR) is 215 cm³/mol. The van der Waals surface area contributed by atoms with Gasteiger partial charge in [0.1, 0.15) is 36.3 Å². The quantitative estimate of drug-likeness (QED) is 0.110. The topological polar surface area (TPSA) is 203 Å². The van der Waals surface area contributed by atoms with Gasteiger partial charge in [-0.25, -0.2) is 4.79 Å². The Hall–Kier alpha value is -4.92. The van der Waals surface area contributed by atoms with Crippen molar-refractivity contribution in [2.45, 2.75) is 109 Å². The molecule has 2 aromatic rings. The number of rotatable bonds is 21. The monoisotopic (exact) mass is 794 g/mol. The zero-order valence-corrected chi connectivity index (χ0v) is 34.0. The maximum absolute atomic E-state index is 14.1. The highest BCUT2D eigenvalue weighted by Crippen LogP contribution is 2.18. The molecule has 6 N–H and O–H groups in total. The summed E-state index contributed by atoms with van der Waals surface area (Å²) in [7, 11) is 0. The first kappa shape index (κ1) is 45.5. The van der Waals surface area contributed by atoms with Gasteiger partial charge < -0.3 is 36.6 Å². The fourth-order valence-corrected chi connectivity index (χ4v) is 7.06. The van der Waals surface area contributed by atoms with Crippen LogP contribution >= 0.6 is 11.8 Å². The molecule has 0 bridgehead atoms. The van der Waals surface area contributed by atoms with E-state index in [1.54, 1.807) is 38.1 Å². The summed E-state index contributed by atoms with van der Waals surface area (Å²) in [6.45, 7) is 9.07. The SMILES string of the molecule is CSCC[C@H](NC(=O)[C@H](CC(C)C)NC(=O)[C@@H](Cc1ccccc1)NC(=O)[C@@H](NC(=O)[C@@H](Cc1ccccc1)NC(=O)[C@@H]1CCCN1C(C)=O)C(C)C)C(=O)O. The van der Waals surface area contributed by atoms with E-state index in [0.29, 0.717) is 25.1 Å². The van der Waals surface area contributed by atoms with Crippen LogP contribution in [0.1, 0.15) is 71.4 Å². The lowest BCUT2D eigenvalue weighted by atomic mass is 9.98. The van der Waals surface area contributed by atoms with Gasteiger partial charge in [-0.15, -0.1) is 0 Å². The van der Waals surface area contributed by atoms with E-state index in [9.17, 15) is 38.7 Å². The zero-order chi connectivity index (χ0) is 41.4. The van der Waals surface area contributed by atoms with Gasteiger partial charge in [0.2, 0.25) is 35.4 Å². The number of benzene rings is 2. The normalized spacial score (nSPS) is 16.6. The lowest BCUT2D eigenvalue weighted by Gasteiger charge is -2.29. The third kappa shape index (κ3) is 14.3. The lowest BCUT2D eigenvalue weighted by molar-refractivity contribution is -0.142. The molecule has 3 rings (SSSR count). The highest BCUT2D eigenvalue weighted by Gasteiger charge is 2.37. The fraction of sp³-hybridized carbons (Fsp3) is 0.537. The Kier molecular flexibility index (Phi) is 18.3. The first-order chi connectivity index (χ1) is 26.6. The number of hydrogen-bond donors (Lipinski definition) is 6. The number of carbonyl (C=O) groups excluding carboxylic acids is 6. The molecule has 0 saturated carbocycles. The summed E-state index contributed by atoms with van der Waals surface area (Å²) in [5, 5.41) is 23.5. The highest BCUT2D eigenvalue weighted by atomic mass is 32.2. The number of hydrogen-bond acceptors (Lipinski definition) is 8. The average Bonchev–Trinajstić information content (AvgIpc) is 3.66. The van der Waals surface area contributed by atoms with Crippen LogP contribution in [0.3, 0.4) is 0 Å². The molecule has 14 nitrogen and oxygen atoms in total. The van der Waals surface area contributed by atoms with Gasteiger partial charge in [-0.05, 0) is 60.7 Å². The number of amides is 6. The van der Waals surface area contributed by atoms with Gasteiger partial charge >= 0.3 is 5.97 Å². The maximum Gasteiger partial charge on any atom is 0.326 e. The van der Waals surface area contributed by atoms with Crippen LogP contribution < -0.4 is 26.6 Å². The van der Waals surface area contributed by atoms with Crippen LogP contribution in [0, 0.1) is 11.8 Å². The van der Waals surface area contributed by atoms with E-state index < -0.39 is 77.7 Å². The third-order valence-corrected chi connectivity index (χ3v) is 10.2. The second kappa shape index (κ2) is 22.6. The van der Waals surface area contributed by atoms with Crippen molar-refractivity contribution in [3.05, 3.63) is 71.8 Å². The zero-order valence-electron chi connectivity index (χ0n) is 33.2. The molecule has 1 heterocycles. The smallest absolute Gasteiger partial charge is 0.326 e. The Balaban J connectivity index is 1.86. The van der Waals surface area contributed by atoms with E-state index in [4.69, 9.17) is 0 Å². The molecule has 6 amide bonds. The number of carboxylic acids is 1. The molecular formula is C41H58N6O8S. The van der Waals surface area contributed by atoms with Crippen LogP contribution in [0.25, 0.3) is 0 Å². The molecule has 0 aliphatic carbocycles. The van der Waals surface area contributed by atoms with Gasteiger partial charge in [0.25, 0.3) is 0 Å². The maximum atomic E-state index is 14.1. The van der Waals surface area contributed by atoms with Crippen molar-refractivity contribution in [1.82, 2.24) is 31.5 Å². The molecule has 0 radical (unpaired) electrons. The minimum atomic E-state index is -1.18. The second-order valence-electron chi connectivity index (χ2n) is 15.0. The number of carboxylic acid groups (broad SMARTS) is 1. The van der Waals surface area contributed by atoms with E-state index in [1.165, 1.54) is 23.6 Å². The van der Waals surface area contributed by atoms with Crippen LogP contribution in [-0.2, 0) is 46.4 Å². The van der Waals surface area contributed by atoms with Crippen molar-refractivity contribution in [3.63, 3.8) is 0 Å². The van der Waals surface area contributed by atoms with Gasteiger partial charge in [0.05, 0.1) is 0 Å². The summed E-state index contributed by atoms with van der Waals surface area (Å²) in [4.78, 5) is 94.7. The molecule has 1 aliphatic rings. The molecule has 0 spiro atoms. The van der Waals surface area contributed by atoms with Crippen molar-refractivity contribution in [3.8, 4) is 0 Å². The number of likely N-dealkylation sites (tertiary alicyclic amines) is 1. The molecule has 1 aliphatic heterocycles. The number of nitrogens with zero attached hydrogens (tertiary/aromatic N) is 1. The molecule has 1 fully saturated rings. The number of carbonyl (C=O) groups is 7. The Morgan fingerprint density at radius 2 is 1.21 bits per heavy atom. The first-order valence-electron chi connectivity index (χ1n) is 19.2. The molecule has 15 heteroatoms. The molecule has 2 aromatic carbocycles. The van der Waals surface area contributed by atoms with Crippen LogP contribution in [0.5, 0.6) is 0 Å². The van der Waals surface area contributed by atoms with E-state index in [-0.39, 0.29) is 37.5 Å². The van der Waals surface area contributed by atoms with E-state index in [0.717, 1.165) is 11.1 Å². The summed E-state index contributed by atoms with van der Waals surface area (Å²) in [5.74, 6) is -4.44. The Morgan fingerprint density at radius 1 is 0.714 bits per heavy atom. The van der Waals surface area contributed by atoms with Gasteiger partial charge in [0, 0.05) is 26.3 Å². The van der Waals surface area contributed by atoms with Gasteiger partial charge in [-0.3, -0.25) is 28.8 Å². The number of thioether (sulfide) groups is 1. The van der Waals surface area contributed by atoms with Crippen LogP contribution in [0.2, 0.25) is 0 Å². The third-order valence-electron chi connectivity index (χ3n) is 9.60. The minimum absolute atomic E-state index is 0.0493. The van der Waals surface area contributed by atoms with Gasteiger partial charge in [-0.2, -0.15) is 11.8 Å². The molecular weight excluding hydrogens is 737 g/mol. The molecule has 6 atom stereocenters. The van der Waals surface area contributed by atoms with E-state index in [2.05, 4.69) is 26.6 Å². The van der Waals surface area contributed by atoms with Crippen molar-refractivity contribution in [2.75, 3.05) is 18.6 Å². The lowest BCUT2D eigenvalue weighted by Crippen LogP contribution is -2.61. The highest BCUT2D eigenvalue weighted by molar-refractivity contribution is 7.98. The molecule has 1 saturated heterocycles. The Bertz CT molecular complexity index is 1640. The van der Waals surface area contributed by atoms with E-state index in [1.807, 2.05) is 56.5 Å². The Morgan fingerprint density at radius 3 is 1.71 bits per heavy atom. The summed E-state index contributed by atoms with van der Waals surface area (Å²) in [6.07, 6.45) is 3.54. The van der Waals surface area contributed by atoms with Gasteiger partial charge in [0.15, 0.2) is 0 Å². The van der Waals surface area contributed by atoms with Crippen molar-refractivity contribution >= 4 is 53.2 Å². The summed E-state index contributed by atoms with van der Waals surface area (Å²) >= 11 is 1.45. The van der Waals surface area contributed by atoms with Crippen molar-refractivity contribution < 1.29 is 38.7 Å². The van der Waals surface area contributed by atoms with Crippen LogP contribution in [-0.4, -0.2) is 106 Å². The second-order valence-corrected chi connectivity index (χ2v) is 16.0. The fourth-order valence-electron chi connectivity index (χ4n) is 6.59. The van der Waals surface area contributed by atoms with Crippen molar-refractivity contribution in [2.24, 2.45) is 11.8 Å². The average molecular weight is 795 g/mol. The van der Waals surface area contributed by atoms with Crippen molar-refractivity contribution in [1.29, 1.82) is 0 Å². The Labute approximate surface area is 334 Å². The number of nitrogens with one attached hydrogen (secondary N) is 5. The summed E-state index contributed by atoms with van der Waals surface area (Å²) < 4.78 is 0. The minimum Gasteiger partial charge on any atom is -0.480 e. The van der Waals surface area contributed by atoms with Crippen LogP contribution in [0.4, 0.5) is 0 Å². The summed E-state index contributed by atoms with van der Waals surface area (Å²) in [5.41, 5.74) is 1.50. The standard InChI is InChI=1S/C41H58N6O8S/c1-25(2)22-31(36(49)42-30(41(54)55)19-21-56-6)43-37(50)32(23-28-14-9-7-10-15-28)45-40(53)35(26(3)4)46-38(51)33(24-29-16-11-8-12-17-29)44-39(52)34-18-13-20-47(34)27(5)48/h7-12,14-17,25-26,30-35H,13,18-24H2,1-6H3,(H,42,49)(H,43,50)(H,44,52)(H,45,53)(H,46,51)(H,54,55)/t30-,31-,32+,33+,34-,35-/m0/s1. The largest absolute Gasteiger partial charge is 0.480 e. The molecule has 56 heavy (non-hydrogen) atoms. The van der Waals surface area contributed by atoms with Gasteiger partial charge in [-0.1, -0.05) is 88.4 Å². The predicted octanol–water partition coefficient (Wildman–Crippen LogP) is 2.45. The number of aliphatic carboxylic acids is 1. The summed E-state index contributed by atoms with van der Waals surface area (Å²) in [6, 6.07) is 11.7. The molecule has 306 valence electrons. The van der Waals surface area contributed by atoms with Crippen LogP contribution in [0.15, 0.2) is 60.7 Å². The molecule has 0 aromatic heterocycles. The molecule has 0 unspecified atom stereocenters. The first-order valence-corrected chi connectivity index (χ1v) is 20.6.